The van der Waals surface area contributed by atoms with Crippen molar-refractivity contribution in [2.24, 2.45) is 0 Å². The Morgan fingerprint density at radius 2 is 2.50 bits per heavy atom. The molecule has 1 rings (SSSR count). The fourth-order valence-electron chi connectivity index (χ4n) is 0.326. The van der Waals surface area contributed by atoms with E-state index in [-0.39, 0.29) is 0 Å². The van der Waals surface area contributed by atoms with Crippen LogP contribution in [0.15, 0.2) is 17.0 Å². The molecule has 0 aromatic carbocycles. The lowest BCUT2D eigenvalue weighted by atomic mass is 10.7. The Bertz CT molecular complexity index is 231. The summed E-state index contributed by atoms with van der Waals surface area (Å²) in [6.07, 6.45) is 3.20. The van der Waals surface area contributed by atoms with E-state index in [4.69, 9.17) is 12.2 Å². The molecule has 0 saturated carbocycles. The third-order valence-corrected chi connectivity index (χ3v) is 1.88. The van der Waals surface area contributed by atoms with Gasteiger partial charge in [-0.25, -0.2) is 4.98 Å². The number of nitrogens with zero attached hydrogens (tertiary/aromatic N) is 1. The molecule has 1 aromatic rings. The zero-order valence-electron chi connectivity index (χ0n) is 3.89. The van der Waals surface area contributed by atoms with Crippen molar-refractivity contribution in [3.8, 4) is 0 Å². The second-order valence-corrected chi connectivity index (χ2v) is 2.49. The van der Waals surface area contributed by atoms with E-state index in [9.17, 15) is 0 Å². The Morgan fingerprint density at radius 1 is 1.75 bits per heavy atom. The van der Waals surface area contributed by atoms with Crippen molar-refractivity contribution in [3.63, 3.8) is 0 Å². The lowest BCUT2D eigenvalue weighted by Crippen LogP contribution is -1.75. The van der Waals surface area contributed by atoms with Crippen LogP contribution in [0.1, 0.15) is 0 Å². The summed E-state index contributed by atoms with van der Waals surface area (Å²) in [5.41, 5.74) is 0. The van der Waals surface area contributed by atoms with Gasteiger partial charge in [0.2, 0.25) is 0 Å². The van der Waals surface area contributed by atoms with Crippen LogP contribution in [-0.4, -0.2) is 9.97 Å². The van der Waals surface area contributed by atoms with Crippen LogP contribution in [0.3, 0.4) is 0 Å². The number of rotatable bonds is 0. The molecular formula is C4H3BrN2S. The van der Waals surface area contributed by atoms with E-state index in [0.29, 0.717) is 4.64 Å². The molecule has 1 aromatic heterocycles. The minimum atomic E-state index is 0.681. The molecule has 0 radical (unpaired) electrons. The quantitative estimate of drug-likeness (QED) is 0.634. The highest BCUT2D eigenvalue weighted by atomic mass is 79.9. The third-order valence-electron chi connectivity index (χ3n) is 0.675. The van der Waals surface area contributed by atoms with E-state index in [2.05, 4.69) is 25.9 Å². The highest BCUT2D eigenvalue weighted by Gasteiger charge is 1.83. The molecule has 42 valence electrons. The van der Waals surface area contributed by atoms with Crippen molar-refractivity contribution >= 4 is 28.1 Å². The lowest BCUT2D eigenvalue weighted by Gasteiger charge is -1.84. The van der Waals surface area contributed by atoms with Gasteiger partial charge in [-0.05, 0) is 15.9 Å². The third kappa shape index (κ3) is 1.14. The normalized spacial score (nSPS) is 9.12. The van der Waals surface area contributed by atoms with E-state index in [1.165, 1.54) is 0 Å². The predicted molar refractivity (Wildman–Crippen MR) is 37.1 cm³/mol. The Labute approximate surface area is 60.1 Å². The first-order valence-electron chi connectivity index (χ1n) is 1.99. The molecule has 0 unspecified atom stereocenters. The highest BCUT2D eigenvalue weighted by molar-refractivity contribution is 9.10. The number of halogens is 1. The van der Waals surface area contributed by atoms with E-state index < -0.39 is 0 Å². The van der Waals surface area contributed by atoms with Crippen molar-refractivity contribution in [2.75, 3.05) is 0 Å². The zero-order valence-corrected chi connectivity index (χ0v) is 6.29. The van der Waals surface area contributed by atoms with Crippen LogP contribution < -0.4 is 0 Å². The van der Waals surface area contributed by atoms with Crippen LogP contribution >= 0.6 is 28.1 Å². The van der Waals surface area contributed by atoms with Gasteiger partial charge in [0, 0.05) is 6.20 Å². The van der Waals surface area contributed by atoms with Gasteiger partial charge in [-0.1, -0.05) is 12.2 Å². The van der Waals surface area contributed by atoms with Gasteiger partial charge in [-0.2, -0.15) is 0 Å². The van der Waals surface area contributed by atoms with Crippen LogP contribution in [0.25, 0.3) is 0 Å². The molecule has 0 bridgehead atoms. The summed E-state index contributed by atoms with van der Waals surface area (Å²) >= 11 is 8.01. The molecule has 0 aliphatic carbocycles. The second kappa shape index (κ2) is 2.37. The summed E-state index contributed by atoms with van der Waals surface area (Å²) in [5, 5.41) is 0. The van der Waals surface area contributed by atoms with Gasteiger partial charge >= 0.3 is 0 Å². The second-order valence-electron chi connectivity index (χ2n) is 1.23. The Hall–Kier alpha value is -0.220. The summed E-state index contributed by atoms with van der Waals surface area (Å²) < 4.78 is 1.51. The summed E-state index contributed by atoms with van der Waals surface area (Å²) in [5.74, 6) is 0. The van der Waals surface area contributed by atoms with Crippen molar-refractivity contribution in [3.05, 3.63) is 21.6 Å². The topological polar surface area (TPSA) is 28.7 Å². The number of hydrogen-bond donors (Lipinski definition) is 1. The summed E-state index contributed by atoms with van der Waals surface area (Å²) in [6.45, 7) is 0. The van der Waals surface area contributed by atoms with Crippen LogP contribution in [0, 0.1) is 4.64 Å². The predicted octanol–water partition coefficient (Wildman–Crippen LogP) is 1.90. The smallest absolute Gasteiger partial charge is 0.120 e. The van der Waals surface area contributed by atoms with Crippen LogP contribution in [-0.2, 0) is 0 Å². The maximum Gasteiger partial charge on any atom is 0.120 e. The summed E-state index contributed by atoms with van der Waals surface area (Å²) in [7, 11) is 0. The molecule has 1 N–H and O–H groups in total. The van der Waals surface area contributed by atoms with E-state index in [1.807, 2.05) is 0 Å². The van der Waals surface area contributed by atoms with Gasteiger partial charge in [0.25, 0.3) is 0 Å². The fourth-order valence-corrected chi connectivity index (χ4v) is 0.664. The molecule has 0 fully saturated rings. The molecule has 0 spiro atoms. The molecule has 2 nitrogen and oxygen atoms in total. The van der Waals surface area contributed by atoms with Gasteiger partial charge in [0.15, 0.2) is 0 Å². The van der Waals surface area contributed by atoms with E-state index >= 15 is 0 Å². The first-order valence-corrected chi connectivity index (χ1v) is 3.19. The van der Waals surface area contributed by atoms with Crippen molar-refractivity contribution < 1.29 is 0 Å². The highest BCUT2D eigenvalue weighted by Crippen LogP contribution is 2.04. The molecule has 0 atom stereocenters. The largest absolute Gasteiger partial charge is 0.336 e. The van der Waals surface area contributed by atoms with Gasteiger partial charge in [-0.15, -0.1) is 0 Å². The fraction of sp³-hybridized carbons (Fsp3) is 0. The molecule has 0 amide bonds. The first kappa shape index (κ1) is 5.91. The van der Waals surface area contributed by atoms with Gasteiger partial charge < -0.3 is 4.98 Å². The number of hydrogen-bond acceptors (Lipinski definition) is 2. The standard InChI is InChI=1S/C4H3BrN2S/c5-3-1-6-2-7-4(3)8/h1-2H,(H,6,7,8). The summed E-state index contributed by atoms with van der Waals surface area (Å²) in [6, 6.07) is 0. The van der Waals surface area contributed by atoms with Crippen molar-refractivity contribution in [1.29, 1.82) is 0 Å². The van der Waals surface area contributed by atoms with Crippen LogP contribution in [0.5, 0.6) is 0 Å². The maximum atomic E-state index is 4.81. The SMILES string of the molecule is S=c1[nH]cncc1Br. The Balaban J connectivity index is 3.35. The maximum absolute atomic E-state index is 4.81. The summed E-state index contributed by atoms with van der Waals surface area (Å²) in [4.78, 5) is 6.53. The zero-order chi connectivity index (χ0) is 5.98. The van der Waals surface area contributed by atoms with E-state index in [0.717, 1.165) is 4.47 Å². The minimum absolute atomic E-state index is 0.681. The average Bonchev–Trinajstić information content (AvgIpc) is 1.77. The molecule has 4 heteroatoms. The Kier molecular flexibility index (Phi) is 1.75. The first-order chi connectivity index (χ1) is 3.80. The van der Waals surface area contributed by atoms with Crippen LogP contribution in [0.4, 0.5) is 0 Å². The minimum Gasteiger partial charge on any atom is -0.336 e. The molecule has 0 aliphatic rings. The monoisotopic (exact) mass is 190 g/mol. The van der Waals surface area contributed by atoms with Gasteiger partial charge in [-0.3, -0.25) is 0 Å². The van der Waals surface area contributed by atoms with E-state index in [1.54, 1.807) is 12.5 Å². The van der Waals surface area contributed by atoms with Crippen molar-refractivity contribution in [1.82, 2.24) is 9.97 Å². The average molecular weight is 191 g/mol. The number of nitrogens with one attached hydrogen (secondary N) is 1. The Morgan fingerprint density at radius 3 is 2.88 bits per heavy atom. The lowest BCUT2D eigenvalue weighted by molar-refractivity contribution is 1.13. The van der Waals surface area contributed by atoms with Crippen molar-refractivity contribution in [2.45, 2.75) is 0 Å². The number of aromatic nitrogens is 2. The number of aromatic amines is 1. The van der Waals surface area contributed by atoms with Gasteiger partial charge in [0.1, 0.15) is 4.64 Å². The molecule has 1 heterocycles. The molecule has 8 heavy (non-hydrogen) atoms. The van der Waals surface area contributed by atoms with Crippen LogP contribution in [0.2, 0.25) is 0 Å². The number of H-pyrrole nitrogens is 1. The van der Waals surface area contributed by atoms with Gasteiger partial charge in [0.05, 0.1) is 10.8 Å². The molecule has 0 aliphatic heterocycles. The molecular weight excluding hydrogens is 188 g/mol. The molecule has 0 saturated heterocycles.